The van der Waals surface area contributed by atoms with Crippen LogP contribution in [-0.4, -0.2) is 97.1 Å². The predicted octanol–water partition coefficient (Wildman–Crippen LogP) is 7.58. The van der Waals surface area contributed by atoms with Gasteiger partial charge in [-0.1, -0.05) is 34.6 Å². The third-order valence-electron chi connectivity index (χ3n) is 13.3. The second-order valence-corrected chi connectivity index (χ2v) is 17.4. The van der Waals surface area contributed by atoms with Crippen LogP contribution < -0.4 is 0 Å². The van der Waals surface area contributed by atoms with Gasteiger partial charge < -0.3 is 37.9 Å². The van der Waals surface area contributed by atoms with Crippen molar-refractivity contribution in [3.8, 4) is 0 Å². The van der Waals surface area contributed by atoms with Crippen LogP contribution in [0.25, 0.3) is 0 Å². The summed E-state index contributed by atoms with van der Waals surface area (Å²) in [6.45, 7) is 15.5. The van der Waals surface area contributed by atoms with Gasteiger partial charge in [-0.05, 0) is 91.4 Å². The lowest BCUT2D eigenvalue weighted by atomic mass is 9.93. The van der Waals surface area contributed by atoms with Crippen molar-refractivity contribution in [2.24, 2.45) is 23.7 Å². The molecule has 0 aromatic rings. The largest absolute Gasteiger partial charge is 0.462 e. The van der Waals surface area contributed by atoms with E-state index in [9.17, 15) is 19.2 Å². The van der Waals surface area contributed by atoms with Crippen molar-refractivity contribution >= 4 is 23.7 Å². The molecule has 0 spiro atoms. The monoisotopic (exact) mass is 793 g/mol. The Morgan fingerprint density at radius 3 is 1.12 bits per heavy atom. The second kappa shape index (κ2) is 21.2. The highest BCUT2D eigenvalue weighted by Gasteiger charge is 2.41. The summed E-state index contributed by atoms with van der Waals surface area (Å²) >= 11 is 0. The van der Waals surface area contributed by atoms with Crippen LogP contribution in [0.2, 0.25) is 0 Å². The van der Waals surface area contributed by atoms with Gasteiger partial charge in [0.1, 0.15) is 24.1 Å². The third kappa shape index (κ3) is 12.0. The van der Waals surface area contributed by atoms with Crippen molar-refractivity contribution in [2.75, 3.05) is 0 Å². The molecule has 0 aliphatic carbocycles. The average molecular weight is 793 g/mol. The van der Waals surface area contributed by atoms with Gasteiger partial charge in [0.25, 0.3) is 0 Å². The van der Waals surface area contributed by atoms with Crippen LogP contribution in [0.4, 0.5) is 0 Å². The summed E-state index contributed by atoms with van der Waals surface area (Å²) in [5, 5.41) is 0. The molecule has 16 atom stereocenters. The molecular weight excluding hydrogens is 720 g/mol. The average Bonchev–Trinajstić information content (AvgIpc) is 4.03. The number of carbonyl (C=O) groups is 4. The first-order valence-corrected chi connectivity index (χ1v) is 22.2. The standard InChI is InChI=1S/C44H72O12/c1-9-29-21-33-13-16-37(49-33)25(5)36(45)24-32(12-4)52-41-20-19-40(56-41)28(8)44(48)55-31(11-3)23-35-15-18-39(51-35)27(7)43(47)54-30(10-2)22-34-14-17-38(50-34)26(6)42(46)53-29/h25-35,37-41H,9-24H2,1-8H3/t25-,26-,27+,28-,29-,30+,31-,32-,33-,34+,35-,37+,38-,39+,40-,41+/m0/s1. The van der Waals surface area contributed by atoms with E-state index in [4.69, 9.17) is 37.9 Å². The zero-order chi connectivity index (χ0) is 40.5. The number of rotatable bonds is 4. The smallest absolute Gasteiger partial charge is 0.311 e. The third-order valence-corrected chi connectivity index (χ3v) is 13.3. The van der Waals surface area contributed by atoms with Crippen molar-refractivity contribution in [3.63, 3.8) is 0 Å². The molecule has 0 radical (unpaired) electrons. The normalized spacial score (nSPS) is 43.0. The molecule has 0 amide bonds. The van der Waals surface area contributed by atoms with Crippen LogP contribution in [0, 0.1) is 23.7 Å². The zero-order valence-corrected chi connectivity index (χ0v) is 35.5. The highest BCUT2D eigenvalue weighted by Crippen LogP contribution is 2.35. The van der Waals surface area contributed by atoms with Gasteiger partial charge in [-0.25, -0.2) is 0 Å². The Balaban J connectivity index is 1.24. The molecule has 5 aliphatic heterocycles. The fourth-order valence-corrected chi connectivity index (χ4v) is 9.09. The SMILES string of the molecule is CC[C@H]1C[C@@H]2CC[C@@H](O2)[C@@H](C)C(=O)C[C@H](CC)O[C@H]2CC[C@H](O2)[C@H](C)C(=O)O[C@@H](CC)C[C@@H]2CC[C@@H](O2)[C@@H](C)C(=O)O[C@H](CC)C[C@H]2CC[C@H](O2)[C@H](C)C(=O)O1. The Morgan fingerprint density at radius 1 is 0.411 bits per heavy atom. The summed E-state index contributed by atoms with van der Waals surface area (Å²) < 4.78 is 49.8. The highest BCUT2D eigenvalue weighted by atomic mass is 16.7. The minimum absolute atomic E-state index is 0.0918. The summed E-state index contributed by atoms with van der Waals surface area (Å²) in [4.78, 5) is 53.6. The Morgan fingerprint density at radius 2 is 0.750 bits per heavy atom. The van der Waals surface area contributed by atoms with Gasteiger partial charge in [0.15, 0.2) is 6.29 Å². The summed E-state index contributed by atoms with van der Waals surface area (Å²) in [5.74, 6) is -2.38. The van der Waals surface area contributed by atoms with Gasteiger partial charge in [-0.2, -0.15) is 0 Å². The van der Waals surface area contributed by atoms with Crippen molar-refractivity contribution in [2.45, 2.75) is 232 Å². The number of ether oxygens (including phenoxy) is 8. The molecule has 12 heteroatoms. The fraction of sp³-hybridized carbons (Fsp3) is 0.909. The Kier molecular flexibility index (Phi) is 17.0. The maximum absolute atomic E-state index is 13.5. The molecule has 5 rings (SSSR count). The maximum Gasteiger partial charge on any atom is 0.311 e. The molecule has 320 valence electrons. The van der Waals surface area contributed by atoms with Crippen molar-refractivity contribution in [1.82, 2.24) is 0 Å². The van der Waals surface area contributed by atoms with Gasteiger partial charge in [-0.15, -0.1) is 0 Å². The molecule has 5 saturated heterocycles. The van der Waals surface area contributed by atoms with Crippen LogP contribution in [0.5, 0.6) is 0 Å². The minimum Gasteiger partial charge on any atom is -0.462 e. The predicted molar refractivity (Wildman–Crippen MR) is 207 cm³/mol. The Hall–Kier alpha value is -2.12. The van der Waals surface area contributed by atoms with Crippen molar-refractivity contribution in [3.05, 3.63) is 0 Å². The lowest BCUT2D eigenvalue weighted by molar-refractivity contribution is -0.182. The van der Waals surface area contributed by atoms with E-state index in [1.807, 2.05) is 55.4 Å². The van der Waals surface area contributed by atoms with Gasteiger partial charge in [-0.3, -0.25) is 19.2 Å². The minimum atomic E-state index is -0.491. The lowest BCUT2D eigenvalue weighted by Gasteiger charge is -2.27. The molecule has 0 saturated carbocycles. The van der Waals surface area contributed by atoms with Crippen molar-refractivity contribution < 1.29 is 57.1 Å². The topological polar surface area (TPSA) is 142 Å². The molecule has 8 bridgehead atoms. The molecule has 5 aliphatic rings. The molecule has 12 nitrogen and oxygen atoms in total. The number of hydrogen-bond donors (Lipinski definition) is 0. The van der Waals surface area contributed by atoms with E-state index in [0.29, 0.717) is 57.8 Å². The van der Waals surface area contributed by atoms with Crippen LogP contribution in [0.15, 0.2) is 0 Å². The van der Waals surface area contributed by atoms with Crippen LogP contribution in [0.3, 0.4) is 0 Å². The van der Waals surface area contributed by atoms with Gasteiger partial charge >= 0.3 is 17.9 Å². The number of ketones is 1. The summed E-state index contributed by atoms with van der Waals surface area (Å²) in [6, 6.07) is 0. The van der Waals surface area contributed by atoms with Gasteiger partial charge in [0, 0.05) is 38.0 Å². The molecular formula is C44H72O12. The van der Waals surface area contributed by atoms with E-state index < -0.39 is 24.0 Å². The van der Waals surface area contributed by atoms with Crippen LogP contribution >= 0.6 is 0 Å². The fourth-order valence-electron chi connectivity index (χ4n) is 9.09. The molecule has 56 heavy (non-hydrogen) atoms. The Labute approximate surface area is 335 Å². The first-order valence-electron chi connectivity index (χ1n) is 22.2. The zero-order valence-electron chi connectivity index (χ0n) is 35.5. The number of cyclic esters (lactones) is 3. The van der Waals surface area contributed by atoms with E-state index in [1.165, 1.54) is 0 Å². The first-order chi connectivity index (χ1) is 26.8. The first kappa shape index (κ1) is 45.0. The molecule has 0 aromatic heterocycles. The quantitative estimate of drug-likeness (QED) is 0.205. The second-order valence-electron chi connectivity index (χ2n) is 17.4. The number of hydrogen-bond acceptors (Lipinski definition) is 12. The molecule has 0 unspecified atom stereocenters. The van der Waals surface area contributed by atoms with E-state index in [1.54, 1.807) is 0 Å². The molecule has 0 N–H and O–H groups in total. The Bertz CT molecular complexity index is 1100. The van der Waals surface area contributed by atoms with Gasteiger partial charge in [0.2, 0.25) is 0 Å². The molecule has 5 heterocycles. The number of fused-ring (bicyclic) bond motifs is 8. The number of Topliss-reactive ketones (excluding diaryl/α,β-unsaturated/α-hetero) is 1. The van der Waals surface area contributed by atoms with E-state index in [-0.39, 0.29) is 103 Å². The summed E-state index contributed by atoms with van der Waals surface area (Å²) in [6.07, 6.45) is 7.43. The van der Waals surface area contributed by atoms with E-state index >= 15 is 0 Å². The van der Waals surface area contributed by atoms with E-state index in [0.717, 1.165) is 38.5 Å². The maximum atomic E-state index is 13.5. The number of carbonyl (C=O) groups excluding carboxylic acids is 4. The van der Waals surface area contributed by atoms with Crippen molar-refractivity contribution in [1.29, 1.82) is 0 Å². The molecule has 0 aromatic carbocycles. The molecule has 5 fully saturated rings. The highest BCUT2D eigenvalue weighted by molar-refractivity contribution is 5.81. The van der Waals surface area contributed by atoms with Crippen LogP contribution in [0.1, 0.15) is 158 Å². The van der Waals surface area contributed by atoms with E-state index in [2.05, 4.69) is 0 Å². The number of esters is 3. The van der Waals surface area contributed by atoms with Gasteiger partial charge in [0.05, 0.1) is 66.6 Å². The lowest BCUT2D eigenvalue weighted by Crippen LogP contribution is -2.35. The summed E-state index contributed by atoms with van der Waals surface area (Å²) in [5.41, 5.74) is 0. The van der Waals surface area contributed by atoms with Crippen LogP contribution in [-0.2, 0) is 57.1 Å². The summed E-state index contributed by atoms with van der Waals surface area (Å²) in [7, 11) is 0.